The number of aliphatic hydroxyl groups is 1. The highest BCUT2D eigenvalue weighted by Gasteiger charge is 2.28. The first-order chi connectivity index (χ1) is 5.58. The average molecular weight is 166 g/mol. The molecule has 1 atom stereocenters. The first kappa shape index (κ1) is 7.80. The Hall–Kier alpha value is -0.830. The number of aryl methyl sites for hydroxylation is 1. The molecule has 0 radical (unpaired) electrons. The lowest BCUT2D eigenvalue weighted by Crippen LogP contribution is -2.36. The van der Waals surface area contributed by atoms with E-state index in [1.807, 2.05) is 17.8 Å². The molecule has 1 aliphatic heterocycles. The van der Waals surface area contributed by atoms with Crippen LogP contribution < -0.4 is 0 Å². The molecule has 1 N–H and O–H groups in total. The summed E-state index contributed by atoms with van der Waals surface area (Å²) in [5.74, 6) is 0. The largest absolute Gasteiger partial charge is 0.388 e. The second-order valence-corrected chi connectivity index (χ2v) is 3.93. The molecule has 0 amide bonds. The van der Waals surface area contributed by atoms with Gasteiger partial charge in [0.15, 0.2) is 0 Å². The number of hydrogen-bond donors (Lipinski definition) is 1. The van der Waals surface area contributed by atoms with Gasteiger partial charge in [-0.25, -0.2) is 0 Å². The molecule has 3 heteroatoms. The Bertz CT molecular complexity index is 301. The third-order valence-corrected chi connectivity index (χ3v) is 2.55. The van der Waals surface area contributed by atoms with E-state index in [0.29, 0.717) is 6.54 Å². The zero-order valence-electron chi connectivity index (χ0n) is 7.54. The molecule has 3 nitrogen and oxygen atoms in total. The molecule has 0 aliphatic carbocycles. The molecule has 0 aromatic carbocycles. The molecule has 66 valence electrons. The van der Waals surface area contributed by atoms with Crippen molar-refractivity contribution in [2.45, 2.75) is 38.8 Å². The summed E-state index contributed by atoms with van der Waals surface area (Å²) in [6.45, 7) is 4.57. The van der Waals surface area contributed by atoms with E-state index in [2.05, 4.69) is 12.0 Å². The molecular weight excluding hydrogens is 152 g/mol. The lowest BCUT2D eigenvalue weighted by atomic mass is 9.94. The average Bonchev–Trinajstić information content (AvgIpc) is 2.30. The molecule has 2 rings (SSSR count). The number of rotatable bonds is 0. The van der Waals surface area contributed by atoms with Gasteiger partial charge in [0.05, 0.1) is 18.3 Å². The predicted octanol–water partition coefficient (Wildman–Crippen LogP) is 0.889. The van der Waals surface area contributed by atoms with E-state index in [1.165, 1.54) is 11.3 Å². The Labute approximate surface area is 72.0 Å². The normalized spacial score (nSPS) is 28.6. The van der Waals surface area contributed by atoms with E-state index in [0.717, 1.165) is 12.8 Å². The van der Waals surface area contributed by atoms with Gasteiger partial charge in [-0.15, -0.1) is 0 Å². The van der Waals surface area contributed by atoms with Crippen molar-refractivity contribution in [3.8, 4) is 0 Å². The minimum absolute atomic E-state index is 0.564. The van der Waals surface area contributed by atoms with Crippen molar-refractivity contribution in [1.82, 2.24) is 9.78 Å². The quantitative estimate of drug-likeness (QED) is 0.621. The SMILES string of the molecule is Cc1cnn2c1CCC(C)(O)C2. The van der Waals surface area contributed by atoms with Crippen LogP contribution in [0.2, 0.25) is 0 Å². The summed E-state index contributed by atoms with van der Waals surface area (Å²) >= 11 is 0. The highest BCUT2D eigenvalue weighted by molar-refractivity contribution is 5.18. The van der Waals surface area contributed by atoms with Crippen LogP contribution in [0.5, 0.6) is 0 Å². The Kier molecular flexibility index (Phi) is 1.51. The second kappa shape index (κ2) is 2.33. The molecule has 1 unspecified atom stereocenters. The molecular formula is C9H14N2O. The maximum Gasteiger partial charge on any atom is 0.0818 e. The molecule has 1 aromatic heterocycles. The van der Waals surface area contributed by atoms with E-state index < -0.39 is 5.60 Å². The van der Waals surface area contributed by atoms with Gasteiger partial charge in [-0.2, -0.15) is 5.10 Å². The van der Waals surface area contributed by atoms with Crippen LogP contribution in [0, 0.1) is 6.92 Å². The van der Waals surface area contributed by atoms with Gasteiger partial charge in [0.25, 0.3) is 0 Å². The molecule has 1 aromatic rings. The third-order valence-electron chi connectivity index (χ3n) is 2.55. The third kappa shape index (κ3) is 1.14. The van der Waals surface area contributed by atoms with Gasteiger partial charge in [-0.1, -0.05) is 0 Å². The number of fused-ring (bicyclic) bond motifs is 1. The van der Waals surface area contributed by atoms with Crippen LogP contribution in [0.4, 0.5) is 0 Å². The van der Waals surface area contributed by atoms with E-state index in [-0.39, 0.29) is 0 Å². The van der Waals surface area contributed by atoms with Crippen molar-refractivity contribution in [3.63, 3.8) is 0 Å². The summed E-state index contributed by atoms with van der Waals surface area (Å²) in [5, 5.41) is 14.0. The van der Waals surface area contributed by atoms with Gasteiger partial charge in [-0.05, 0) is 32.3 Å². The summed E-state index contributed by atoms with van der Waals surface area (Å²) in [4.78, 5) is 0. The Balaban J connectivity index is 2.37. The van der Waals surface area contributed by atoms with E-state index in [1.54, 1.807) is 0 Å². The van der Waals surface area contributed by atoms with E-state index >= 15 is 0 Å². The molecule has 0 spiro atoms. The fourth-order valence-corrected chi connectivity index (χ4v) is 1.76. The van der Waals surface area contributed by atoms with Crippen LogP contribution >= 0.6 is 0 Å². The van der Waals surface area contributed by atoms with Gasteiger partial charge < -0.3 is 5.11 Å². The summed E-state index contributed by atoms with van der Waals surface area (Å²) in [7, 11) is 0. The number of aromatic nitrogens is 2. The minimum atomic E-state index is -0.564. The molecule has 0 fully saturated rings. The summed E-state index contributed by atoms with van der Waals surface area (Å²) < 4.78 is 1.92. The van der Waals surface area contributed by atoms with Crippen molar-refractivity contribution >= 4 is 0 Å². The maximum absolute atomic E-state index is 9.77. The van der Waals surface area contributed by atoms with Gasteiger partial charge >= 0.3 is 0 Å². The van der Waals surface area contributed by atoms with Crippen molar-refractivity contribution in [2.75, 3.05) is 0 Å². The van der Waals surface area contributed by atoms with Gasteiger partial charge in [0.2, 0.25) is 0 Å². The van der Waals surface area contributed by atoms with Crippen LogP contribution in [0.3, 0.4) is 0 Å². The lowest BCUT2D eigenvalue weighted by Gasteiger charge is -2.29. The Morgan fingerprint density at radius 1 is 1.67 bits per heavy atom. The highest BCUT2D eigenvalue weighted by atomic mass is 16.3. The smallest absolute Gasteiger partial charge is 0.0818 e. The Morgan fingerprint density at radius 2 is 2.42 bits per heavy atom. The summed E-state index contributed by atoms with van der Waals surface area (Å²) in [6.07, 6.45) is 3.66. The fourth-order valence-electron chi connectivity index (χ4n) is 1.76. The maximum atomic E-state index is 9.77. The molecule has 12 heavy (non-hydrogen) atoms. The van der Waals surface area contributed by atoms with Crippen molar-refractivity contribution < 1.29 is 5.11 Å². The van der Waals surface area contributed by atoms with Gasteiger partial charge in [0, 0.05) is 5.69 Å². The lowest BCUT2D eigenvalue weighted by molar-refractivity contribution is 0.0181. The molecule has 0 saturated heterocycles. The van der Waals surface area contributed by atoms with Crippen molar-refractivity contribution in [1.29, 1.82) is 0 Å². The number of nitrogens with zero attached hydrogens (tertiary/aromatic N) is 2. The second-order valence-electron chi connectivity index (χ2n) is 3.93. The monoisotopic (exact) mass is 166 g/mol. The molecule has 0 bridgehead atoms. The summed E-state index contributed by atoms with van der Waals surface area (Å²) in [5.41, 5.74) is 1.96. The molecule has 1 aliphatic rings. The van der Waals surface area contributed by atoms with Crippen LogP contribution in [0.15, 0.2) is 6.20 Å². The Morgan fingerprint density at radius 3 is 3.17 bits per heavy atom. The first-order valence-corrected chi connectivity index (χ1v) is 4.32. The zero-order valence-corrected chi connectivity index (χ0v) is 7.54. The van der Waals surface area contributed by atoms with E-state index in [9.17, 15) is 5.11 Å². The van der Waals surface area contributed by atoms with Crippen LogP contribution in [-0.4, -0.2) is 20.5 Å². The van der Waals surface area contributed by atoms with Gasteiger partial charge in [-0.3, -0.25) is 4.68 Å². The first-order valence-electron chi connectivity index (χ1n) is 4.32. The highest BCUT2D eigenvalue weighted by Crippen LogP contribution is 2.24. The number of hydrogen-bond acceptors (Lipinski definition) is 2. The molecule has 0 saturated carbocycles. The topological polar surface area (TPSA) is 38.0 Å². The zero-order chi connectivity index (χ0) is 8.77. The summed E-state index contributed by atoms with van der Waals surface area (Å²) in [6, 6.07) is 0. The molecule has 2 heterocycles. The van der Waals surface area contributed by atoms with Gasteiger partial charge in [0.1, 0.15) is 0 Å². The predicted molar refractivity (Wildman–Crippen MR) is 45.9 cm³/mol. The standard InChI is InChI=1S/C9H14N2O/c1-7-5-10-11-6-9(2,12)4-3-8(7)11/h5,12H,3-4,6H2,1-2H3. The minimum Gasteiger partial charge on any atom is -0.388 e. The van der Waals surface area contributed by atoms with Crippen LogP contribution in [0.25, 0.3) is 0 Å². The van der Waals surface area contributed by atoms with Crippen molar-refractivity contribution in [3.05, 3.63) is 17.5 Å². The van der Waals surface area contributed by atoms with Crippen LogP contribution in [-0.2, 0) is 13.0 Å². The van der Waals surface area contributed by atoms with Crippen LogP contribution in [0.1, 0.15) is 24.6 Å². The fraction of sp³-hybridized carbons (Fsp3) is 0.667. The van der Waals surface area contributed by atoms with Crippen molar-refractivity contribution in [2.24, 2.45) is 0 Å². The van der Waals surface area contributed by atoms with E-state index in [4.69, 9.17) is 0 Å².